The second-order valence-corrected chi connectivity index (χ2v) is 5.56. The monoisotopic (exact) mass is 314 g/mol. The summed E-state index contributed by atoms with van der Waals surface area (Å²) in [6, 6.07) is 4.82. The lowest BCUT2D eigenvalue weighted by atomic mass is 10.1. The Kier molecular flexibility index (Phi) is 4.89. The van der Waals surface area contributed by atoms with Crippen molar-refractivity contribution < 1.29 is 9.59 Å². The third kappa shape index (κ3) is 3.44. The Hall–Kier alpha value is -1.26. The van der Waals surface area contributed by atoms with Crippen LogP contribution >= 0.6 is 23.2 Å². The van der Waals surface area contributed by atoms with E-state index in [1.807, 2.05) is 6.92 Å². The van der Waals surface area contributed by atoms with E-state index in [1.165, 1.54) is 0 Å². The van der Waals surface area contributed by atoms with Crippen LogP contribution in [0.5, 0.6) is 0 Å². The molecule has 2 amide bonds. The lowest BCUT2D eigenvalue weighted by molar-refractivity contribution is -0.132. The molecule has 0 atom stereocenters. The van der Waals surface area contributed by atoms with E-state index in [9.17, 15) is 9.59 Å². The van der Waals surface area contributed by atoms with E-state index in [-0.39, 0.29) is 11.8 Å². The zero-order chi connectivity index (χ0) is 14.7. The average Bonchev–Trinajstić information content (AvgIpc) is 2.45. The van der Waals surface area contributed by atoms with Crippen LogP contribution in [0, 0.1) is 0 Å². The quantitative estimate of drug-likeness (QED) is 0.842. The molecule has 4 nitrogen and oxygen atoms in total. The Morgan fingerprint density at radius 3 is 2.00 bits per heavy atom. The second kappa shape index (κ2) is 6.46. The van der Waals surface area contributed by atoms with E-state index in [1.54, 1.807) is 28.0 Å². The normalized spacial score (nSPS) is 15.3. The SMILES string of the molecule is CCC(=O)N1CCN(C(=O)c2cc(Cl)cc(Cl)c2)CC1. The predicted molar refractivity (Wildman–Crippen MR) is 79.2 cm³/mol. The Labute approximate surface area is 128 Å². The smallest absolute Gasteiger partial charge is 0.254 e. The zero-order valence-corrected chi connectivity index (χ0v) is 12.7. The van der Waals surface area contributed by atoms with Gasteiger partial charge >= 0.3 is 0 Å². The molecule has 20 heavy (non-hydrogen) atoms. The molecule has 0 saturated carbocycles. The van der Waals surface area contributed by atoms with Crippen molar-refractivity contribution in [3.8, 4) is 0 Å². The van der Waals surface area contributed by atoms with Gasteiger partial charge in [-0.2, -0.15) is 0 Å². The summed E-state index contributed by atoms with van der Waals surface area (Å²) >= 11 is 11.8. The summed E-state index contributed by atoms with van der Waals surface area (Å²) in [6.07, 6.45) is 0.498. The number of hydrogen-bond acceptors (Lipinski definition) is 2. The van der Waals surface area contributed by atoms with Crippen molar-refractivity contribution in [1.29, 1.82) is 0 Å². The fraction of sp³-hybridized carbons (Fsp3) is 0.429. The predicted octanol–water partition coefficient (Wildman–Crippen LogP) is 2.69. The maximum atomic E-state index is 12.4. The van der Waals surface area contributed by atoms with Crippen LogP contribution in [0.2, 0.25) is 10.0 Å². The number of nitrogens with zero attached hydrogens (tertiary/aromatic N) is 2. The van der Waals surface area contributed by atoms with Crippen LogP contribution in [0.1, 0.15) is 23.7 Å². The van der Waals surface area contributed by atoms with E-state index in [2.05, 4.69) is 0 Å². The minimum absolute atomic E-state index is 0.0991. The summed E-state index contributed by atoms with van der Waals surface area (Å²) in [5, 5.41) is 0.890. The summed E-state index contributed by atoms with van der Waals surface area (Å²) in [5.74, 6) is 0.0286. The van der Waals surface area contributed by atoms with Gasteiger partial charge in [-0.1, -0.05) is 30.1 Å². The van der Waals surface area contributed by atoms with Crippen LogP contribution in [0.25, 0.3) is 0 Å². The molecule has 0 N–H and O–H groups in total. The molecule has 0 aromatic heterocycles. The van der Waals surface area contributed by atoms with E-state index in [0.717, 1.165) is 0 Å². The largest absolute Gasteiger partial charge is 0.339 e. The van der Waals surface area contributed by atoms with Crippen LogP contribution in [-0.2, 0) is 4.79 Å². The van der Waals surface area contributed by atoms with Crippen molar-refractivity contribution in [2.45, 2.75) is 13.3 Å². The van der Waals surface area contributed by atoms with Gasteiger partial charge in [-0.25, -0.2) is 0 Å². The first-order chi connectivity index (χ1) is 9.51. The van der Waals surface area contributed by atoms with Gasteiger partial charge in [-0.05, 0) is 18.2 Å². The summed E-state index contributed by atoms with van der Waals surface area (Å²) in [4.78, 5) is 27.5. The zero-order valence-electron chi connectivity index (χ0n) is 11.2. The molecule has 0 spiro atoms. The lowest BCUT2D eigenvalue weighted by Gasteiger charge is -2.34. The maximum absolute atomic E-state index is 12.4. The summed E-state index contributed by atoms with van der Waals surface area (Å²) < 4.78 is 0. The number of carbonyl (C=O) groups is 2. The molecule has 1 aromatic carbocycles. The third-order valence-corrected chi connectivity index (χ3v) is 3.77. The Balaban J connectivity index is 2.03. The van der Waals surface area contributed by atoms with Crippen molar-refractivity contribution >= 4 is 35.0 Å². The van der Waals surface area contributed by atoms with Crippen molar-refractivity contribution in [3.63, 3.8) is 0 Å². The van der Waals surface area contributed by atoms with Gasteiger partial charge in [-0.15, -0.1) is 0 Å². The summed E-state index contributed by atoms with van der Waals surface area (Å²) in [7, 11) is 0. The highest BCUT2D eigenvalue weighted by Gasteiger charge is 2.24. The average molecular weight is 315 g/mol. The van der Waals surface area contributed by atoms with E-state index < -0.39 is 0 Å². The first kappa shape index (κ1) is 15.1. The van der Waals surface area contributed by atoms with Gasteiger partial charge in [0.2, 0.25) is 5.91 Å². The summed E-state index contributed by atoms with van der Waals surface area (Å²) in [5.41, 5.74) is 0.484. The van der Waals surface area contributed by atoms with Crippen LogP contribution in [0.3, 0.4) is 0 Å². The van der Waals surface area contributed by atoms with Crippen LogP contribution in [0.4, 0.5) is 0 Å². The fourth-order valence-electron chi connectivity index (χ4n) is 2.24. The highest BCUT2D eigenvalue weighted by atomic mass is 35.5. The van der Waals surface area contributed by atoms with Gasteiger partial charge in [0.1, 0.15) is 0 Å². The number of halogens is 2. The molecule has 0 bridgehead atoms. The molecular weight excluding hydrogens is 299 g/mol. The third-order valence-electron chi connectivity index (χ3n) is 3.33. The van der Waals surface area contributed by atoms with Gasteiger partial charge in [0.25, 0.3) is 5.91 Å². The van der Waals surface area contributed by atoms with Gasteiger partial charge in [0.15, 0.2) is 0 Å². The Morgan fingerprint density at radius 2 is 1.50 bits per heavy atom. The first-order valence-electron chi connectivity index (χ1n) is 6.54. The van der Waals surface area contributed by atoms with E-state index >= 15 is 0 Å². The number of hydrogen-bond donors (Lipinski definition) is 0. The molecular formula is C14H16Cl2N2O2. The van der Waals surface area contributed by atoms with Crippen molar-refractivity contribution in [2.75, 3.05) is 26.2 Å². The Morgan fingerprint density at radius 1 is 1.00 bits per heavy atom. The highest BCUT2D eigenvalue weighted by molar-refractivity contribution is 6.35. The number of amides is 2. The standard InChI is InChI=1S/C14H16Cl2N2O2/c1-2-13(19)17-3-5-18(6-4-17)14(20)10-7-11(15)9-12(16)8-10/h7-9H,2-6H2,1H3. The first-order valence-corrected chi connectivity index (χ1v) is 7.30. The lowest BCUT2D eigenvalue weighted by Crippen LogP contribution is -2.50. The fourth-order valence-corrected chi connectivity index (χ4v) is 2.77. The molecule has 1 aliphatic heterocycles. The number of benzene rings is 1. The van der Waals surface area contributed by atoms with Gasteiger partial charge in [0.05, 0.1) is 0 Å². The molecule has 0 aliphatic carbocycles. The molecule has 1 fully saturated rings. The van der Waals surface area contributed by atoms with Crippen LogP contribution in [0.15, 0.2) is 18.2 Å². The minimum atomic E-state index is -0.0991. The van der Waals surface area contributed by atoms with Crippen LogP contribution in [-0.4, -0.2) is 47.8 Å². The highest BCUT2D eigenvalue weighted by Crippen LogP contribution is 2.20. The number of carbonyl (C=O) groups excluding carboxylic acids is 2. The van der Waals surface area contributed by atoms with Crippen LogP contribution < -0.4 is 0 Å². The molecule has 1 aromatic rings. The molecule has 2 rings (SSSR count). The molecule has 1 aliphatic rings. The van der Waals surface area contributed by atoms with Gasteiger partial charge in [-0.3, -0.25) is 9.59 Å². The van der Waals surface area contributed by atoms with Crippen molar-refractivity contribution in [2.24, 2.45) is 0 Å². The molecule has 6 heteroatoms. The van der Waals surface area contributed by atoms with Gasteiger partial charge in [0, 0.05) is 48.2 Å². The summed E-state index contributed by atoms with van der Waals surface area (Å²) in [6.45, 7) is 4.07. The molecule has 0 radical (unpaired) electrons. The van der Waals surface area contributed by atoms with E-state index in [0.29, 0.717) is 48.2 Å². The van der Waals surface area contributed by atoms with Crippen molar-refractivity contribution in [1.82, 2.24) is 9.80 Å². The van der Waals surface area contributed by atoms with Crippen molar-refractivity contribution in [3.05, 3.63) is 33.8 Å². The van der Waals surface area contributed by atoms with Gasteiger partial charge < -0.3 is 9.80 Å². The molecule has 1 heterocycles. The molecule has 1 saturated heterocycles. The molecule has 0 unspecified atom stereocenters. The van der Waals surface area contributed by atoms with E-state index in [4.69, 9.17) is 23.2 Å². The second-order valence-electron chi connectivity index (χ2n) is 4.68. The number of rotatable bonds is 2. The minimum Gasteiger partial charge on any atom is -0.339 e. The number of piperazine rings is 1. The maximum Gasteiger partial charge on any atom is 0.254 e. The topological polar surface area (TPSA) is 40.6 Å². The Bertz CT molecular complexity index is 506. The molecule has 108 valence electrons.